The third-order valence-corrected chi connectivity index (χ3v) is 4.56. The normalized spacial score (nSPS) is 10.9. The predicted octanol–water partition coefficient (Wildman–Crippen LogP) is 5.19. The molecule has 2 heterocycles. The van der Waals surface area contributed by atoms with Gasteiger partial charge in [0.1, 0.15) is 5.76 Å². The molecule has 3 heteroatoms. The van der Waals surface area contributed by atoms with Crippen LogP contribution in [-0.2, 0) is 0 Å². The third kappa shape index (κ3) is 2.07. The summed E-state index contributed by atoms with van der Waals surface area (Å²) in [6.07, 6.45) is 0. The van der Waals surface area contributed by atoms with Gasteiger partial charge >= 0.3 is 5.63 Å². The van der Waals surface area contributed by atoms with Gasteiger partial charge in [0.05, 0.1) is 10.1 Å². The van der Waals surface area contributed by atoms with Crippen molar-refractivity contribution < 1.29 is 4.42 Å². The molecule has 0 fully saturated rings. The Morgan fingerprint density at radius 3 is 2.09 bits per heavy atom. The van der Waals surface area contributed by atoms with Gasteiger partial charge < -0.3 is 4.42 Å². The molecule has 2 aromatic heterocycles. The molecule has 2 aromatic carbocycles. The van der Waals surface area contributed by atoms with E-state index in [2.05, 4.69) is 0 Å². The lowest BCUT2D eigenvalue weighted by Crippen LogP contribution is -2.00. The van der Waals surface area contributed by atoms with Gasteiger partial charge in [0.2, 0.25) is 0 Å². The van der Waals surface area contributed by atoms with Gasteiger partial charge in [-0.1, -0.05) is 60.7 Å². The Bertz CT molecular complexity index is 982. The van der Waals surface area contributed by atoms with Crippen molar-refractivity contribution >= 4 is 21.4 Å². The Kier molecular flexibility index (Phi) is 3.13. The fourth-order valence-corrected chi connectivity index (χ4v) is 3.57. The van der Waals surface area contributed by atoms with Gasteiger partial charge in [0.15, 0.2) is 0 Å². The molecule has 0 aliphatic carbocycles. The van der Waals surface area contributed by atoms with Crippen LogP contribution >= 0.6 is 11.3 Å². The molecule has 4 rings (SSSR count). The van der Waals surface area contributed by atoms with Crippen LogP contribution in [0.2, 0.25) is 0 Å². The average molecular weight is 304 g/mol. The molecule has 0 amide bonds. The highest BCUT2D eigenvalue weighted by Crippen LogP contribution is 2.38. The van der Waals surface area contributed by atoms with Gasteiger partial charge in [-0.2, -0.15) is 0 Å². The fraction of sp³-hybridized carbons (Fsp3) is 0. The van der Waals surface area contributed by atoms with Crippen LogP contribution in [0.1, 0.15) is 0 Å². The number of rotatable bonds is 2. The van der Waals surface area contributed by atoms with E-state index >= 15 is 0 Å². The van der Waals surface area contributed by atoms with Crippen molar-refractivity contribution in [3.05, 3.63) is 82.5 Å². The van der Waals surface area contributed by atoms with Crippen molar-refractivity contribution in [2.75, 3.05) is 0 Å². The highest BCUT2D eigenvalue weighted by atomic mass is 32.1. The zero-order valence-electron chi connectivity index (χ0n) is 11.7. The van der Waals surface area contributed by atoms with Crippen LogP contribution in [0.3, 0.4) is 0 Å². The minimum Gasteiger partial charge on any atom is -0.422 e. The summed E-state index contributed by atoms with van der Waals surface area (Å²) in [5, 5.41) is 2.58. The van der Waals surface area contributed by atoms with Gasteiger partial charge in [0, 0.05) is 11.1 Å². The van der Waals surface area contributed by atoms with E-state index < -0.39 is 0 Å². The van der Waals surface area contributed by atoms with Gasteiger partial charge in [0.25, 0.3) is 0 Å². The largest absolute Gasteiger partial charge is 0.422 e. The maximum atomic E-state index is 12.3. The van der Waals surface area contributed by atoms with Crippen molar-refractivity contribution in [1.82, 2.24) is 0 Å². The van der Waals surface area contributed by atoms with E-state index in [-0.39, 0.29) is 5.63 Å². The summed E-state index contributed by atoms with van der Waals surface area (Å²) in [5.74, 6) is 0.631. The summed E-state index contributed by atoms with van der Waals surface area (Å²) in [4.78, 5) is 12.3. The fourth-order valence-electron chi connectivity index (χ4n) is 2.63. The highest BCUT2D eigenvalue weighted by molar-refractivity contribution is 7.17. The van der Waals surface area contributed by atoms with Crippen LogP contribution in [0.25, 0.3) is 32.5 Å². The quantitative estimate of drug-likeness (QED) is 0.510. The molecule has 22 heavy (non-hydrogen) atoms. The maximum absolute atomic E-state index is 12.3. The number of hydrogen-bond donors (Lipinski definition) is 0. The second kappa shape index (κ2) is 5.28. The van der Waals surface area contributed by atoms with Crippen molar-refractivity contribution in [2.24, 2.45) is 0 Å². The lowest BCUT2D eigenvalue weighted by atomic mass is 10.00. The molecule has 0 saturated heterocycles. The average Bonchev–Trinajstić information content (AvgIpc) is 3.06. The first-order valence-corrected chi connectivity index (χ1v) is 7.88. The van der Waals surface area contributed by atoms with Gasteiger partial charge in [-0.05, 0) is 17.0 Å². The zero-order valence-corrected chi connectivity index (χ0v) is 12.5. The maximum Gasteiger partial charge on any atom is 0.345 e. The first kappa shape index (κ1) is 13.0. The third-order valence-electron chi connectivity index (χ3n) is 3.63. The Morgan fingerprint density at radius 2 is 1.41 bits per heavy atom. The van der Waals surface area contributed by atoms with Crippen molar-refractivity contribution in [2.45, 2.75) is 0 Å². The minimum absolute atomic E-state index is 0.283. The van der Waals surface area contributed by atoms with Gasteiger partial charge in [-0.3, -0.25) is 0 Å². The van der Waals surface area contributed by atoms with Crippen LogP contribution in [0.15, 0.2) is 81.3 Å². The van der Waals surface area contributed by atoms with E-state index in [1.54, 1.807) is 11.3 Å². The molecule has 2 nitrogen and oxygen atoms in total. The van der Waals surface area contributed by atoms with Crippen LogP contribution in [0, 0.1) is 0 Å². The number of thiophene rings is 1. The van der Waals surface area contributed by atoms with E-state index in [1.807, 2.05) is 72.1 Å². The molecule has 0 atom stereocenters. The number of fused-ring (bicyclic) bond motifs is 1. The van der Waals surface area contributed by atoms with Crippen LogP contribution in [0.4, 0.5) is 0 Å². The molecule has 0 N–H and O–H groups in total. The molecule has 0 unspecified atom stereocenters. The smallest absolute Gasteiger partial charge is 0.345 e. The predicted molar refractivity (Wildman–Crippen MR) is 91.2 cm³/mol. The number of hydrogen-bond acceptors (Lipinski definition) is 3. The first-order valence-electron chi connectivity index (χ1n) is 7.00. The Morgan fingerprint density at radius 1 is 0.773 bits per heavy atom. The molecular formula is C19H12O2S. The van der Waals surface area contributed by atoms with Crippen LogP contribution in [-0.4, -0.2) is 0 Å². The molecule has 4 aromatic rings. The molecule has 0 bridgehead atoms. The van der Waals surface area contributed by atoms with Crippen molar-refractivity contribution in [3.8, 4) is 22.5 Å². The molecule has 0 aliphatic rings. The molecular weight excluding hydrogens is 292 g/mol. The Hall–Kier alpha value is -2.65. The Balaban J connectivity index is 2.14. The number of benzene rings is 2. The van der Waals surface area contributed by atoms with Crippen LogP contribution in [0.5, 0.6) is 0 Å². The summed E-state index contributed by atoms with van der Waals surface area (Å²) in [6, 6.07) is 21.7. The summed E-state index contributed by atoms with van der Waals surface area (Å²) in [7, 11) is 0. The second-order valence-electron chi connectivity index (χ2n) is 4.99. The van der Waals surface area contributed by atoms with E-state index in [0.29, 0.717) is 11.1 Å². The summed E-state index contributed by atoms with van der Waals surface area (Å²) in [6.45, 7) is 0. The van der Waals surface area contributed by atoms with Gasteiger partial charge in [-0.25, -0.2) is 4.79 Å². The minimum atomic E-state index is -0.283. The summed E-state index contributed by atoms with van der Waals surface area (Å²) < 4.78 is 6.65. The Labute approximate surface area is 131 Å². The molecule has 106 valence electrons. The molecule has 0 saturated carbocycles. The molecule has 0 radical (unpaired) electrons. The van der Waals surface area contributed by atoms with Crippen LogP contribution < -0.4 is 5.63 Å². The van der Waals surface area contributed by atoms with Crippen molar-refractivity contribution in [3.63, 3.8) is 0 Å². The van der Waals surface area contributed by atoms with Crippen molar-refractivity contribution in [1.29, 1.82) is 0 Å². The summed E-state index contributed by atoms with van der Waals surface area (Å²) in [5.41, 5.74) is 2.66. The monoisotopic (exact) mass is 304 g/mol. The molecule has 0 aliphatic heterocycles. The lowest BCUT2D eigenvalue weighted by Gasteiger charge is -2.09. The van der Waals surface area contributed by atoms with E-state index in [4.69, 9.17) is 4.42 Å². The first-order chi connectivity index (χ1) is 10.8. The lowest BCUT2D eigenvalue weighted by molar-refractivity contribution is 0.536. The van der Waals surface area contributed by atoms with E-state index in [9.17, 15) is 4.79 Å². The second-order valence-corrected chi connectivity index (χ2v) is 5.91. The van der Waals surface area contributed by atoms with E-state index in [0.717, 1.165) is 21.4 Å². The highest BCUT2D eigenvalue weighted by Gasteiger charge is 2.17. The standard InChI is InChI=1S/C19H12O2S/c20-19-15-11-12-22-18(15)16(13-7-3-1-4-8-13)17(21-19)14-9-5-2-6-10-14/h1-12H. The summed E-state index contributed by atoms with van der Waals surface area (Å²) >= 11 is 1.57. The molecule has 0 spiro atoms. The van der Waals surface area contributed by atoms with Gasteiger partial charge in [-0.15, -0.1) is 11.3 Å². The zero-order chi connectivity index (χ0) is 14.9. The SMILES string of the molecule is O=c1oc(-c2ccccc2)c(-c2ccccc2)c2sccc12. The van der Waals surface area contributed by atoms with E-state index in [1.165, 1.54) is 0 Å². The topological polar surface area (TPSA) is 30.2 Å².